The second-order valence-corrected chi connectivity index (χ2v) is 4.35. The van der Waals surface area contributed by atoms with Gasteiger partial charge in [-0.2, -0.15) is 0 Å². The van der Waals surface area contributed by atoms with Gasteiger partial charge in [-0.05, 0) is 12.5 Å². The molecular formula is C15H14N2O3. The average molecular weight is 270 g/mol. The summed E-state index contributed by atoms with van der Waals surface area (Å²) in [6.07, 6.45) is 1.81. The molecule has 0 aliphatic carbocycles. The minimum absolute atomic E-state index is 0.178. The van der Waals surface area contributed by atoms with Crippen molar-refractivity contribution in [2.45, 2.75) is 19.3 Å². The minimum atomic E-state index is -1.09. The van der Waals surface area contributed by atoms with E-state index in [9.17, 15) is 9.59 Å². The molecule has 0 unspecified atom stereocenters. The van der Waals surface area contributed by atoms with Crippen molar-refractivity contribution in [3.8, 4) is 11.4 Å². The number of nitrogens with zero attached hydrogens (tertiary/aromatic N) is 2. The lowest BCUT2D eigenvalue weighted by molar-refractivity contribution is -0.140. The zero-order valence-corrected chi connectivity index (χ0v) is 10.8. The van der Waals surface area contributed by atoms with Crippen molar-refractivity contribution >= 4 is 11.8 Å². The van der Waals surface area contributed by atoms with Crippen LogP contribution in [-0.2, 0) is 16.0 Å². The standard InChI is InChI=1S/C15H14N2O3/c18-13(10-14(19)20)7-6-12-8-9-16-15(17-12)11-4-2-1-3-5-11/h1-5,8-9H,6-7,10H2,(H,19,20). The van der Waals surface area contributed by atoms with E-state index in [-0.39, 0.29) is 12.2 Å². The van der Waals surface area contributed by atoms with Gasteiger partial charge in [-0.1, -0.05) is 30.3 Å². The molecule has 1 N–H and O–H groups in total. The molecule has 0 amide bonds. The molecule has 20 heavy (non-hydrogen) atoms. The number of carboxylic acids is 1. The fraction of sp³-hybridized carbons (Fsp3) is 0.200. The summed E-state index contributed by atoms with van der Waals surface area (Å²) in [6, 6.07) is 11.3. The lowest BCUT2D eigenvalue weighted by Gasteiger charge is -2.03. The number of aromatic nitrogens is 2. The van der Waals surface area contributed by atoms with Gasteiger partial charge in [-0.25, -0.2) is 9.97 Å². The van der Waals surface area contributed by atoms with Crippen molar-refractivity contribution in [1.82, 2.24) is 9.97 Å². The van der Waals surface area contributed by atoms with E-state index in [1.54, 1.807) is 12.3 Å². The number of carbonyl (C=O) groups excluding carboxylic acids is 1. The van der Waals surface area contributed by atoms with E-state index in [1.165, 1.54) is 0 Å². The summed E-state index contributed by atoms with van der Waals surface area (Å²) in [5.74, 6) is -0.784. The Balaban J connectivity index is 2.04. The van der Waals surface area contributed by atoms with E-state index in [1.807, 2.05) is 30.3 Å². The molecule has 1 aromatic carbocycles. The van der Waals surface area contributed by atoms with Crippen molar-refractivity contribution in [3.05, 3.63) is 48.3 Å². The molecule has 5 nitrogen and oxygen atoms in total. The normalized spacial score (nSPS) is 10.2. The van der Waals surface area contributed by atoms with Gasteiger partial charge < -0.3 is 5.11 Å². The Hall–Kier alpha value is -2.56. The van der Waals surface area contributed by atoms with Crippen LogP contribution in [-0.4, -0.2) is 26.8 Å². The number of aliphatic carboxylic acids is 1. The van der Waals surface area contributed by atoms with Crippen LogP contribution in [0.4, 0.5) is 0 Å². The van der Waals surface area contributed by atoms with Gasteiger partial charge in [-0.3, -0.25) is 9.59 Å². The monoisotopic (exact) mass is 270 g/mol. The molecule has 0 aliphatic heterocycles. The third kappa shape index (κ3) is 3.98. The molecule has 1 heterocycles. The minimum Gasteiger partial charge on any atom is -0.481 e. The van der Waals surface area contributed by atoms with Gasteiger partial charge in [0.15, 0.2) is 5.82 Å². The SMILES string of the molecule is O=C(O)CC(=O)CCc1ccnc(-c2ccccc2)n1. The zero-order chi connectivity index (χ0) is 14.4. The first kappa shape index (κ1) is 13.9. The summed E-state index contributed by atoms with van der Waals surface area (Å²) < 4.78 is 0. The van der Waals surface area contributed by atoms with Crippen molar-refractivity contribution in [2.75, 3.05) is 0 Å². The Morgan fingerprint density at radius 1 is 1.10 bits per heavy atom. The maximum absolute atomic E-state index is 11.4. The van der Waals surface area contributed by atoms with Crippen LogP contribution >= 0.6 is 0 Å². The van der Waals surface area contributed by atoms with Gasteiger partial charge in [0.05, 0.1) is 0 Å². The molecule has 0 aliphatic rings. The fourth-order valence-corrected chi connectivity index (χ4v) is 1.79. The summed E-state index contributed by atoms with van der Waals surface area (Å²) >= 11 is 0. The van der Waals surface area contributed by atoms with Crippen LogP contribution in [0.15, 0.2) is 42.6 Å². The number of ketones is 1. The van der Waals surface area contributed by atoms with Gasteiger partial charge in [-0.15, -0.1) is 0 Å². The van der Waals surface area contributed by atoms with E-state index in [0.29, 0.717) is 12.2 Å². The van der Waals surface area contributed by atoms with Crippen LogP contribution in [0.5, 0.6) is 0 Å². The number of aryl methyl sites for hydroxylation is 1. The van der Waals surface area contributed by atoms with E-state index in [4.69, 9.17) is 5.11 Å². The highest BCUT2D eigenvalue weighted by Crippen LogP contribution is 2.14. The van der Waals surface area contributed by atoms with E-state index in [2.05, 4.69) is 9.97 Å². The molecule has 0 radical (unpaired) electrons. The first-order chi connectivity index (χ1) is 9.65. The van der Waals surface area contributed by atoms with Crippen LogP contribution in [0.1, 0.15) is 18.5 Å². The maximum Gasteiger partial charge on any atom is 0.310 e. The predicted molar refractivity (Wildman–Crippen MR) is 73.0 cm³/mol. The molecule has 0 saturated heterocycles. The van der Waals surface area contributed by atoms with E-state index >= 15 is 0 Å². The zero-order valence-electron chi connectivity index (χ0n) is 10.8. The largest absolute Gasteiger partial charge is 0.481 e. The second-order valence-electron chi connectivity index (χ2n) is 4.35. The summed E-state index contributed by atoms with van der Waals surface area (Å²) in [5, 5.41) is 8.53. The molecule has 2 aromatic rings. The van der Waals surface area contributed by atoms with Crippen LogP contribution in [0.2, 0.25) is 0 Å². The van der Waals surface area contributed by atoms with Gasteiger partial charge in [0.1, 0.15) is 12.2 Å². The summed E-state index contributed by atoms with van der Waals surface area (Å²) in [4.78, 5) is 30.3. The molecule has 0 fully saturated rings. The van der Waals surface area contributed by atoms with Gasteiger partial charge >= 0.3 is 5.97 Å². The quantitative estimate of drug-likeness (QED) is 0.813. The molecule has 102 valence electrons. The summed E-state index contributed by atoms with van der Waals surface area (Å²) in [5.41, 5.74) is 1.64. The van der Waals surface area contributed by atoms with Crippen LogP contribution in [0, 0.1) is 0 Å². The van der Waals surface area contributed by atoms with Crippen molar-refractivity contribution in [3.63, 3.8) is 0 Å². The third-order valence-corrected chi connectivity index (χ3v) is 2.75. The number of benzene rings is 1. The molecule has 0 spiro atoms. The van der Waals surface area contributed by atoms with Gasteiger partial charge in [0.25, 0.3) is 0 Å². The van der Waals surface area contributed by atoms with Gasteiger partial charge in [0, 0.05) is 23.9 Å². The third-order valence-electron chi connectivity index (χ3n) is 2.75. The van der Waals surface area contributed by atoms with E-state index in [0.717, 1.165) is 11.3 Å². The first-order valence-corrected chi connectivity index (χ1v) is 6.26. The van der Waals surface area contributed by atoms with Gasteiger partial charge in [0.2, 0.25) is 0 Å². The van der Waals surface area contributed by atoms with Crippen LogP contribution in [0.3, 0.4) is 0 Å². The lowest BCUT2D eigenvalue weighted by Crippen LogP contribution is -2.08. The Morgan fingerprint density at radius 3 is 2.55 bits per heavy atom. The highest BCUT2D eigenvalue weighted by molar-refractivity contribution is 5.94. The highest BCUT2D eigenvalue weighted by Gasteiger charge is 2.09. The molecular weight excluding hydrogens is 256 g/mol. The number of hydrogen-bond acceptors (Lipinski definition) is 4. The number of carboxylic acid groups (broad SMARTS) is 1. The smallest absolute Gasteiger partial charge is 0.310 e. The average Bonchev–Trinajstić information content (AvgIpc) is 2.46. The van der Waals surface area contributed by atoms with Crippen LogP contribution < -0.4 is 0 Å². The number of Topliss-reactive ketones (excluding diaryl/α,β-unsaturated/α-hetero) is 1. The molecule has 0 atom stereocenters. The Bertz CT molecular complexity index is 612. The fourth-order valence-electron chi connectivity index (χ4n) is 1.79. The Kier molecular flexibility index (Phi) is 4.55. The molecule has 0 saturated carbocycles. The van der Waals surface area contributed by atoms with Crippen molar-refractivity contribution in [1.29, 1.82) is 0 Å². The lowest BCUT2D eigenvalue weighted by atomic mass is 10.1. The number of hydrogen-bond donors (Lipinski definition) is 1. The van der Waals surface area contributed by atoms with Crippen molar-refractivity contribution < 1.29 is 14.7 Å². The Labute approximate surface area is 116 Å². The molecule has 0 bridgehead atoms. The second kappa shape index (κ2) is 6.56. The molecule has 1 aromatic heterocycles. The van der Waals surface area contributed by atoms with Crippen molar-refractivity contribution in [2.24, 2.45) is 0 Å². The molecule has 5 heteroatoms. The predicted octanol–water partition coefficient (Wildman–Crippen LogP) is 2.12. The maximum atomic E-state index is 11.4. The first-order valence-electron chi connectivity index (χ1n) is 6.26. The highest BCUT2D eigenvalue weighted by atomic mass is 16.4. The summed E-state index contributed by atoms with van der Waals surface area (Å²) in [6.45, 7) is 0. The van der Waals surface area contributed by atoms with E-state index < -0.39 is 12.4 Å². The number of rotatable bonds is 6. The Morgan fingerprint density at radius 2 is 1.85 bits per heavy atom. The molecule has 2 rings (SSSR count). The van der Waals surface area contributed by atoms with Crippen LogP contribution in [0.25, 0.3) is 11.4 Å². The number of carbonyl (C=O) groups is 2. The topological polar surface area (TPSA) is 80.1 Å². The summed E-state index contributed by atoms with van der Waals surface area (Å²) in [7, 11) is 0.